The van der Waals surface area contributed by atoms with Crippen molar-refractivity contribution in [2.45, 2.75) is 43.7 Å². The normalized spacial score (nSPS) is 18.7. The highest BCUT2D eigenvalue weighted by molar-refractivity contribution is 9.10. The number of Topliss-reactive ketones (excluding diaryl/α,β-unsaturated/α-hetero) is 1. The van der Waals surface area contributed by atoms with E-state index in [9.17, 15) is 9.59 Å². The maximum atomic E-state index is 13.0. The van der Waals surface area contributed by atoms with Gasteiger partial charge in [-0.3, -0.25) is 9.59 Å². The van der Waals surface area contributed by atoms with Crippen LogP contribution in [0.15, 0.2) is 50.0 Å². The number of aromatic amines is 1. The third-order valence-corrected chi connectivity index (χ3v) is 6.70. The molecule has 0 spiro atoms. The number of fused-ring (bicyclic) bond motifs is 1. The first-order chi connectivity index (χ1) is 13.1. The van der Waals surface area contributed by atoms with Gasteiger partial charge in [-0.15, -0.1) is 0 Å². The molecule has 0 bridgehead atoms. The molecule has 2 aromatic rings. The zero-order valence-electron chi connectivity index (χ0n) is 15.0. The van der Waals surface area contributed by atoms with Crippen LogP contribution in [0.5, 0.6) is 0 Å². The van der Waals surface area contributed by atoms with Gasteiger partial charge in [0.25, 0.3) is 5.56 Å². The van der Waals surface area contributed by atoms with E-state index in [1.54, 1.807) is 0 Å². The molecule has 0 saturated heterocycles. The Kier molecular flexibility index (Phi) is 5.23. The highest BCUT2D eigenvalue weighted by Gasteiger charge is 2.38. The topological polar surface area (TPSA) is 74.8 Å². The molecule has 1 atom stereocenters. The van der Waals surface area contributed by atoms with Gasteiger partial charge in [-0.25, -0.2) is 4.98 Å². The first kappa shape index (κ1) is 18.5. The van der Waals surface area contributed by atoms with E-state index >= 15 is 0 Å². The number of rotatable bonds is 4. The minimum atomic E-state index is -0.402. The molecule has 1 aromatic heterocycles. The van der Waals surface area contributed by atoms with E-state index in [0.29, 0.717) is 28.5 Å². The lowest BCUT2D eigenvalue weighted by Gasteiger charge is -2.33. The second-order valence-electron chi connectivity index (χ2n) is 6.73. The van der Waals surface area contributed by atoms with Crippen molar-refractivity contribution >= 4 is 39.3 Å². The fourth-order valence-electron chi connectivity index (χ4n) is 3.73. The molecule has 0 amide bonds. The first-order valence-corrected chi connectivity index (χ1v) is 10.9. The fourth-order valence-corrected chi connectivity index (χ4v) is 4.96. The number of benzene rings is 1. The number of aromatic nitrogens is 2. The predicted octanol–water partition coefficient (Wildman–Crippen LogP) is 4.60. The number of nitrogens with zero attached hydrogens (tertiary/aromatic N) is 1. The summed E-state index contributed by atoms with van der Waals surface area (Å²) in [4.78, 5) is 33.4. The Bertz CT molecular complexity index is 999. The molecule has 27 heavy (non-hydrogen) atoms. The Morgan fingerprint density at radius 1 is 1.26 bits per heavy atom. The number of H-pyrrole nitrogens is 1. The number of anilines is 1. The standard InChI is InChI=1S/C20H20BrN3O2S/c1-2-10-27-20-23-18-17(19(26)24-20)15(11-6-3-4-7-12(11)21)16-13(22-18)8-5-9-14(16)25/h3-4,6-7,15H,2,5,8-10H2,1H3,(H2,22,23,24,26)/t15-/m1/s1. The molecule has 7 heteroatoms. The summed E-state index contributed by atoms with van der Waals surface area (Å²) >= 11 is 5.14. The quantitative estimate of drug-likeness (QED) is 0.531. The van der Waals surface area contributed by atoms with Crippen LogP contribution in [-0.4, -0.2) is 21.5 Å². The number of carbonyl (C=O) groups excluding carboxylic acids is 1. The summed E-state index contributed by atoms with van der Waals surface area (Å²) in [5.41, 5.74) is 2.88. The lowest BCUT2D eigenvalue weighted by atomic mass is 9.76. The van der Waals surface area contributed by atoms with Gasteiger partial charge in [0, 0.05) is 33.8 Å². The van der Waals surface area contributed by atoms with Gasteiger partial charge in [-0.05, 0) is 30.9 Å². The monoisotopic (exact) mass is 445 g/mol. The van der Waals surface area contributed by atoms with Gasteiger partial charge >= 0.3 is 0 Å². The van der Waals surface area contributed by atoms with Gasteiger partial charge in [0.1, 0.15) is 5.82 Å². The SMILES string of the molecule is CCCSc1nc2c(c(=O)[nH]1)[C@H](c1ccccc1Br)C1=C(CCCC1=O)N2. The third-order valence-electron chi connectivity index (χ3n) is 4.90. The largest absolute Gasteiger partial charge is 0.343 e. The van der Waals surface area contributed by atoms with Crippen LogP contribution in [0.4, 0.5) is 5.82 Å². The number of halogens is 1. The van der Waals surface area contributed by atoms with Gasteiger partial charge in [0.15, 0.2) is 10.9 Å². The van der Waals surface area contributed by atoms with Crippen LogP contribution >= 0.6 is 27.7 Å². The minimum absolute atomic E-state index is 0.110. The number of ketones is 1. The predicted molar refractivity (Wildman–Crippen MR) is 111 cm³/mol. The van der Waals surface area contributed by atoms with E-state index < -0.39 is 5.92 Å². The van der Waals surface area contributed by atoms with Crippen LogP contribution in [-0.2, 0) is 4.79 Å². The molecule has 2 N–H and O–H groups in total. The number of hydrogen-bond donors (Lipinski definition) is 2. The first-order valence-electron chi connectivity index (χ1n) is 9.14. The molecule has 140 valence electrons. The molecule has 0 unspecified atom stereocenters. The van der Waals surface area contributed by atoms with Crippen molar-refractivity contribution in [2.24, 2.45) is 0 Å². The Hall–Kier alpha value is -1.86. The summed E-state index contributed by atoms with van der Waals surface area (Å²) in [5, 5.41) is 3.92. The molecular weight excluding hydrogens is 426 g/mol. The van der Waals surface area contributed by atoms with E-state index in [1.165, 1.54) is 11.8 Å². The van der Waals surface area contributed by atoms with Crippen molar-refractivity contribution in [3.8, 4) is 0 Å². The summed E-state index contributed by atoms with van der Waals surface area (Å²) in [6.07, 6.45) is 3.14. The van der Waals surface area contributed by atoms with Gasteiger partial charge in [0.2, 0.25) is 0 Å². The van der Waals surface area contributed by atoms with Gasteiger partial charge in [-0.2, -0.15) is 0 Å². The molecule has 0 radical (unpaired) electrons. The minimum Gasteiger partial charge on any atom is -0.343 e. The fraction of sp³-hybridized carbons (Fsp3) is 0.350. The van der Waals surface area contributed by atoms with E-state index in [4.69, 9.17) is 0 Å². The molecule has 1 aliphatic heterocycles. The molecule has 1 aromatic carbocycles. The van der Waals surface area contributed by atoms with Crippen molar-refractivity contribution in [3.05, 3.63) is 61.5 Å². The number of thioether (sulfide) groups is 1. The van der Waals surface area contributed by atoms with Gasteiger partial charge in [-0.1, -0.05) is 52.8 Å². The molecule has 0 fully saturated rings. The van der Waals surface area contributed by atoms with Crippen molar-refractivity contribution in [2.75, 3.05) is 11.1 Å². The number of allylic oxidation sites excluding steroid dienone is 2. The van der Waals surface area contributed by atoms with Crippen molar-refractivity contribution < 1.29 is 4.79 Å². The lowest BCUT2D eigenvalue weighted by Crippen LogP contribution is -2.32. The molecule has 0 saturated carbocycles. The molecule has 2 aliphatic rings. The summed E-state index contributed by atoms with van der Waals surface area (Å²) in [5.74, 6) is 1.17. The van der Waals surface area contributed by atoms with Crippen molar-refractivity contribution in [1.29, 1.82) is 0 Å². The highest BCUT2D eigenvalue weighted by Crippen LogP contribution is 2.45. The van der Waals surface area contributed by atoms with E-state index in [1.807, 2.05) is 24.3 Å². The molecule has 4 rings (SSSR count). The number of nitrogens with one attached hydrogen (secondary N) is 2. The summed E-state index contributed by atoms with van der Waals surface area (Å²) in [6.45, 7) is 2.09. The Labute approximate surface area is 170 Å². The Morgan fingerprint density at radius 3 is 2.85 bits per heavy atom. The zero-order chi connectivity index (χ0) is 19.0. The number of carbonyl (C=O) groups is 1. The zero-order valence-corrected chi connectivity index (χ0v) is 17.4. The van der Waals surface area contributed by atoms with Crippen LogP contribution in [0, 0.1) is 0 Å². The Balaban J connectivity index is 1.92. The van der Waals surface area contributed by atoms with Crippen LogP contribution in [0.3, 0.4) is 0 Å². The summed E-state index contributed by atoms with van der Waals surface area (Å²) < 4.78 is 0.886. The maximum absolute atomic E-state index is 13.0. The summed E-state index contributed by atoms with van der Waals surface area (Å²) in [7, 11) is 0. The van der Waals surface area contributed by atoms with Crippen LogP contribution < -0.4 is 10.9 Å². The number of hydrogen-bond acceptors (Lipinski definition) is 5. The van der Waals surface area contributed by atoms with Crippen molar-refractivity contribution in [3.63, 3.8) is 0 Å². The third kappa shape index (κ3) is 3.38. The van der Waals surface area contributed by atoms with Crippen molar-refractivity contribution in [1.82, 2.24) is 9.97 Å². The molecule has 5 nitrogen and oxygen atoms in total. The highest BCUT2D eigenvalue weighted by atomic mass is 79.9. The Morgan fingerprint density at radius 2 is 2.07 bits per heavy atom. The van der Waals surface area contributed by atoms with E-state index in [2.05, 4.69) is 38.1 Å². The maximum Gasteiger partial charge on any atom is 0.257 e. The van der Waals surface area contributed by atoms with E-state index in [-0.39, 0.29) is 11.3 Å². The van der Waals surface area contributed by atoms with E-state index in [0.717, 1.165) is 40.7 Å². The van der Waals surface area contributed by atoms with Gasteiger partial charge in [0.05, 0.1) is 5.56 Å². The smallest absolute Gasteiger partial charge is 0.257 e. The molecule has 1 aliphatic carbocycles. The average molecular weight is 446 g/mol. The second-order valence-corrected chi connectivity index (χ2v) is 8.67. The second kappa shape index (κ2) is 7.64. The molecule has 2 heterocycles. The molecular formula is C20H20BrN3O2S. The lowest BCUT2D eigenvalue weighted by molar-refractivity contribution is -0.116. The average Bonchev–Trinajstić information content (AvgIpc) is 2.65. The van der Waals surface area contributed by atoms with Crippen LogP contribution in [0.2, 0.25) is 0 Å². The summed E-state index contributed by atoms with van der Waals surface area (Å²) in [6, 6.07) is 7.77. The van der Waals surface area contributed by atoms with Gasteiger partial charge < -0.3 is 10.3 Å². The van der Waals surface area contributed by atoms with Crippen LogP contribution in [0.25, 0.3) is 0 Å². The van der Waals surface area contributed by atoms with Crippen LogP contribution in [0.1, 0.15) is 49.7 Å².